The molecule has 0 aromatic carbocycles. The van der Waals surface area contributed by atoms with Crippen LogP contribution in [0.25, 0.3) is 0 Å². The van der Waals surface area contributed by atoms with Crippen LogP contribution in [0.5, 0.6) is 0 Å². The Labute approximate surface area is 101 Å². The lowest BCUT2D eigenvalue weighted by molar-refractivity contribution is 0.562. The summed E-state index contributed by atoms with van der Waals surface area (Å²) in [6.45, 7) is 8.35. The molecular formula is C12H20N2OS. The first-order valence-corrected chi connectivity index (χ1v) is 6.77. The SMILES string of the molecule is CCCSCc1nc(C(C)(C)C)cc(=O)[nH]1. The van der Waals surface area contributed by atoms with E-state index in [1.807, 2.05) is 0 Å². The number of nitrogens with one attached hydrogen (secondary N) is 1. The number of hydrogen-bond donors (Lipinski definition) is 1. The Kier molecular flexibility index (Phi) is 4.59. The van der Waals surface area contributed by atoms with Gasteiger partial charge in [0, 0.05) is 11.5 Å². The molecule has 0 radical (unpaired) electrons. The summed E-state index contributed by atoms with van der Waals surface area (Å²) in [7, 11) is 0. The Morgan fingerprint density at radius 3 is 2.69 bits per heavy atom. The average molecular weight is 240 g/mol. The predicted molar refractivity (Wildman–Crippen MR) is 70.0 cm³/mol. The molecule has 0 fully saturated rings. The van der Waals surface area contributed by atoms with Gasteiger partial charge in [0.2, 0.25) is 0 Å². The van der Waals surface area contributed by atoms with Crippen molar-refractivity contribution < 1.29 is 0 Å². The summed E-state index contributed by atoms with van der Waals surface area (Å²) in [6.07, 6.45) is 1.15. The largest absolute Gasteiger partial charge is 0.310 e. The Bertz CT molecular complexity index is 393. The maximum atomic E-state index is 11.5. The van der Waals surface area contributed by atoms with Crippen LogP contribution in [0.3, 0.4) is 0 Å². The molecule has 0 aliphatic heterocycles. The molecule has 0 atom stereocenters. The second-order valence-corrected chi connectivity index (χ2v) is 5.99. The van der Waals surface area contributed by atoms with Crippen molar-refractivity contribution in [2.24, 2.45) is 0 Å². The number of aromatic amines is 1. The molecule has 0 amide bonds. The van der Waals surface area contributed by atoms with E-state index in [2.05, 4.69) is 37.7 Å². The summed E-state index contributed by atoms with van der Waals surface area (Å²) in [5.41, 5.74) is 0.744. The van der Waals surface area contributed by atoms with Gasteiger partial charge in [-0.15, -0.1) is 0 Å². The Hall–Kier alpha value is -0.770. The molecule has 16 heavy (non-hydrogen) atoms. The maximum Gasteiger partial charge on any atom is 0.251 e. The van der Waals surface area contributed by atoms with E-state index in [9.17, 15) is 4.79 Å². The number of rotatable bonds is 4. The fourth-order valence-corrected chi connectivity index (χ4v) is 2.04. The molecule has 3 nitrogen and oxygen atoms in total. The molecule has 0 bridgehead atoms. The summed E-state index contributed by atoms with van der Waals surface area (Å²) in [5.74, 6) is 2.67. The molecule has 0 saturated carbocycles. The van der Waals surface area contributed by atoms with Gasteiger partial charge in [0.25, 0.3) is 5.56 Å². The molecule has 0 saturated heterocycles. The van der Waals surface area contributed by atoms with Crippen LogP contribution in [0.1, 0.15) is 45.6 Å². The highest BCUT2D eigenvalue weighted by atomic mass is 32.2. The molecule has 0 aliphatic rings. The zero-order chi connectivity index (χ0) is 12.2. The van der Waals surface area contributed by atoms with Crippen LogP contribution in [0.4, 0.5) is 0 Å². The van der Waals surface area contributed by atoms with Crippen LogP contribution >= 0.6 is 11.8 Å². The first-order chi connectivity index (χ1) is 7.43. The van der Waals surface area contributed by atoms with Gasteiger partial charge in [-0.1, -0.05) is 27.7 Å². The van der Waals surface area contributed by atoms with Gasteiger partial charge in [-0.2, -0.15) is 11.8 Å². The van der Waals surface area contributed by atoms with Crippen LogP contribution in [0.15, 0.2) is 10.9 Å². The topological polar surface area (TPSA) is 45.8 Å². The van der Waals surface area contributed by atoms with E-state index in [0.29, 0.717) is 0 Å². The van der Waals surface area contributed by atoms with Crippen molar-refractivity contribution >= 4 is 11.8 Å². The minimum Gasteiger partial charge on any atom is -0.310 e. The Morgan fingerprint density at radius 2 is 2.12 bits per heavy atom. The molecule has 0 aliphatic carbocycles. The number of hydrogen-bond acceptors (Lipinski definition) is 3. The van der Waals surface area contributed by atoms with Crippen LogP contribution in [-0.2, 0) is 11.2 Å². The fraction of sp³-hybridized carbons (Fsp3) is 0.667. The summed E-state index contributed by atoms with van der Waals surface area (Å²) in [4.78, 5) is 18.8. The fourth-order valence-electron chi connectivity index (χ4n) is 1.27. The molecule has 0 unspecified atom stereocenters. The number of thioether (sulfide) groups is 1. The summed E-state index contributed by atoms with van der Waals surface area (Å²) in [5, 5.41) is 0. The highest BCUT2D eigenvalue weighted by Gasteiger charge is 2.16. The first-order valence-electron chi connectivity index (χ1n) is 5.62. The lowest BCUT2D eigenvalue weighted by Gasteiger charge is -2.17. The monoisotopic (exact) mass is 240 g/mol. The van der Waals surface area contributed by atoms with Gasteiger partial charge in [-0.25, -0.2) is 4.98 Å². The molecule has 0 spiro atoms. The zero-order valence-corrected chi connectivity index (χ0v) is 11.3. The van der Waals surface area contributed by atoms with E-state index in [0.717, 1.165) is 29.4 Å². The Balaban J connectivity index is 2.86. The van der Waals surface area contributed by atoms with Gasteiger partial charge >= 0.3 is 0 Å². The summed E-state index contributed by atoms with van der Waals surface area (Å²) in [6, 6.07) is 1.59. The summed E-state index contributed by atoms with van der Waals surface area (Å²) >= 11 is 1.80. The smallest absolute Gasteiger partial charge is 0.251 e. The van der Waals surface area contributed by atoms with Crippen LogP contribution in [0.2, 0.25) is 0 Å². The third kappa shape index (κ3) is 4.00. The van der Waals surface area contributed by atoms with Gasteiger partial charge in [0.05, 0.1) is 11.4 Å². The molecule has 4 heteroatoms. The minimum absolute atomic E-state index is 0.0491. The maximum absolute atomic E-state index is 11.5. The predicted octanol–water partition coefficient (Wildman–Crippen LogP) is 2.71. The third-order valence-electron chi connectivity index (χ3n) is 2.15. The lowest BCUT2D eigenvalue weighted by atomic mass is 9.92. The highest BCUT2D eigenvalue weighted by Crippen LogP contribution is 2.19. The number of aromatic nitrogens is 2. The van der Waals surface area contributed by atoms with Crippen LogP contribution in [-0.4, -0.2) is 15.7 Å². The van der Waals surface area contributed by atoms with E-state index < -0.39 is 0 Å². The second kappa shape index (κ2) is 5.53. The van der Waals surface area contributed by atoms with Crippen molar-refractivity contribution in [3.8, 4) is 0 Å². The van der Waals surface area contributed by atoms with E-state index in [1.165, 1.54) is 0 Å². The van der Waals surface area contributed by atoms with Crippen molar-refractivity contribution in [1.29, 1.82) is 0 Å². The molecule has 90 valence electrons. The number of nitrogens with zero attached hydrogens (tertiary/aromatic N) is 1. The standard InChI is InChI=1S/C12H20N2OS/c1-5-6-16-8-10-13-9(12(2,3)4)7-11(15)14-10/h7H,5-6,8H2,1-4H3,(H,13,14,15). The van der Waals surface area contributed by atoms with E-state index >= 15 is 0 Å². The van der Waals surface area contributed by atoms with Crippen molar-refractivity contribution in [2.45, 2.75) is 45.3 Å². The molecule has 1 heterocycles. The van der Waals surface area contributed by atoms with E-state index in [4.69, 9.17) is 0 Å². The molecule has 1 aromatic heterocycles. The number of H-pyrrole nitrogens is 1. The van der Waals surface area contributed by atoms with Gasteiger partial charge in [-0.3, -0.25) is 4.79 Å². The van der Waals surface area contributed by atoms with Crippen LogP contribution in [0, 0.1) is 0 Å². The van der Waals surface area contributed by atoms with Crippen molar-refractivity contribution in [2.75, 3.05) is 5.75 Å². The molecule has 1 aromatic rings. The third-order valence-corrected chi connectivity index (χ3v) is 3.32. The first kappa shape index (κ1) is 13.3. The van der Waals surface area contributed by atoms with Gasteiger partial charge in [0.15, 0.2) is 0 Å². The highest BCUT2D eigenvalue weighted by molar-refractivity contribution is 7.98. The van der Waals surface area contributed by atoms with Crippen molar-refractivity contribution in [3.63, 3.8) is 0 Å². The van der Waals surface area contributed by atoms with Crippen LogP contribution < -0.4 is 5.56 Å². The molecule has 1 rings (SSSR count). The molecular weight excluding hydrogens is 220 g/mol. The summed E-state index contributed by atoms with van der Waals surface area (Å²) < 4.78 is 0. The molecule has 1 N–H and O–H groups in total. The second-order valence-electron chi connectivity index (χ2n) is 4.88. The zero-order valence-electron chi connectivity index (χ0n) is 10.5. The Morgan fingerprint density at radius 1 is 1.44 bits per heavy atom. The van der Waals surface area contributed by atoms with E-state index in [1.54, 1.807) is 17.8 Å². The normalized spacial score (nSPS) is 11.8. The quantitative estimate of drug-likeness (QED) is 0.823. The van der Waals surface area contributed by atoms with Crippen molar-refractivity contribution in [3.05, 3.63) is 27.9 Å². The van der Waals surface area contributed by atoms with E-state index in [-0.39, 0.29) is 11.0 Å². The van der Waals surface area contributed by atoms with Gasteiger partial charge in [-0.05, 0) is 12.2 Å². The van der Waals surface area contributed by atoms with Gasteiger partial charge in [0.1, 0.15) is 5.82 Å². The van der Waals surface area contributed by atoms with Crippen molar-refractivity contribution in [1.82, 2.24) is 9.97 Å². The average Bonchev–Trinajstić information content (AvgIpc) is 2.16. The lowest BCUT2D eigenvalue weighted by Crippen LogP contribution is -2.20. The minimum atomic E-state index is -0.0710. The van der Waals surface area contributed by atoms with Gasteiger partial charge < -0.3 is 4.98 Å².